The summed E-state index contributed by atoms with van der Waals surface area (Å²) in [6.07, 6.45) is 4.74. The van der Waals surface area contributed by atoms with Crippen LogP contribution < -0.4 is 10.6 Å². The summed E-state index contributed by atoms with van der Waals surface area (Å²) < 4.78 is 5.54. The van der Waals surface area contributed by atoms with E-state index in [0.717, 1.165) is 37.5 Å². The highest BCUT2D eigenvalue weighted by molar-refractivity contribution is 5.90. The molecule has 0 radical (unpaired) electrons. The monoisotopic (exact) mass is 277 g/mol. The third-order valence-electron chi connectivity index (χ3n) is 3.18. The molecule has 2 N–H and O–H groups in total. The van der Waals surface area contributed by atoms with Gasteiger partial charge in [-0.1, -0.05) is 13.8 Å². The molecule has 0 saturated carbocycles. The lowest BCUT2D eigenvalue weighted by Crippen LogP contribution is -2.19. The van der Waals surface area contributed by atoms with E-state index in [0.29, 0.717) is 18.4 Å². The van der Waals surface area contributed by atoms with Crippen LogP contribution >= 0.6 is 0 Å². The fourth-order valence-corrected chi connectivity index (χ4v) is 2.18. The summed E-state index contributed by atoms with van der Waals surface area (Å²) in [6, 6.07) is 3.74. The standard InChI is InChI=1S/C15H23N3O2/c1-11(2)8-15(19)18-12-5-6-14(16-9-12)17-10-13-4-3-7-20-13/h5-6,9,11,13H,3-4,7-8,10H2,1-2H3,(H,16,17)(H,18,19). The minimum absolute atomic E-state index is 0.0295. The van der Waals surface area contributed by atoms with Gasteiger partial charge in [0.05, 0.1) is 18.0 Å². The van der Waals surface area contributed by atoms with E-state index < -0.39 is 0 Å². The molecule has 110 valence electrons. The molecule has 1 aromatic rings. The maximum absolute atomic E-state index is 11.6. The first-order chi connectivity index (χ1) is 9.63. The van der Waals surface area contributed by atoms with Gasteiger partial charge in [0.1, 0.15) is 5.82 Å². The molecule has 1 unspecified atom stereocenters. The average molecular weight is 277 g/mol. The first-order valence-electron chi connectivity index (χ1n) is 7.25. The molecule has 1 atom stereocenters. The van der Waals surface area contributed by atoms with Crippen LogP contribution in [0.4, 0.5) is 11.5 Å². The Balaban J connectivity index is 1.78. The number of carbonyl (C=O) groups excluding carboxylic acids is 1. The molecule has 5 nitrogen and oxygen atoms in total. The Morgan fingerprint density at radius 1 is 1.50 bits per heavy atom. The number of carbonyl (C=O) groups is 1. The van der Waals surface area contributed by atoms with Gasteiger partial charge in [-0.2, -0.15) is 0 Å². The van der Waals surface area contributed by atoms with Crippen LogP contribution in [0.25, 0.3) is 0 Å². The maximum Gasteiger partial charge on any atom is 0.224 e. The average Bonchev–Trinajstić information content (AvgIpc) is 2.90. The summed E-state index contributed by atoms with van der Waals surface area (Å²) >= 11 is 0. The fourth-order valence-electron chi connectivity index (χ4n) is 2.18. The van der Waals surface area contributed by atoms with Gasteiger partial charge >= 0.3 is 0 Å². The van der Waals surface area contributed by atoms with Gasteiger partial charge in [0.15, 0.2) is 0 Å². The molecule has 1 saturated heterocycles. The Morgan fingerprint density at radius 3 is 2.95 bits per heavy atom. The Hall–Kier alpha value is -1.62. The zero-order chi connectivity index (χ0) is 14.4. The van der Waals surface area contributed by atoms with Gasteiger partial charge in [0.25, 0.3) is 0 Å². The van der Waals surface area contributed by atoms with Crippen molar-refractivity contribution in [2.45, 2.75) is 39.2 Å². The molecular formula is C15H23N3O2. The largest absolute Gasteiger partial charge is 0.376 e. The van der Waals surface area contributed by atoms with Crippen LogP contribution in [-0.4, -0.2) is 30.1 Å². The smallest absolute Gasteiger partial charge is 0.224 e. The molecule has 0 spiro atoms. The van der Waals surface area contributed by atoms with E-state index in [-0.39, 0.29) is 5.91 Å². The molecule has 0 aliphatic carbocycles. The van der Waals surface area contributed by atoms with Crippen LogP contribution in [0, 0.1) is 5.92 Å². The molecule has 2 rings (SSSR count). The molecule has 2 heterocycles. The molecule has 1 aromatic heterocycles. The summed E-state index contributed by atoms with van der Waals surface area (Å²) in [6.45, 7) is 5.69. The molecule has 1 aliphatic rings. The zero-order valence-electron chi connectivity index (χ0n) is 12.2. The number of nitrogens with one attached hydrogen (secondary N) is 2. The van der Waals surface area contributed by atoms with Crippen LogP contribution in [0.3, 0.4) is 0 Å². The Kier molecular flexibility index (Phi) is 5.35. The van der Waals surface area contributed by atoms with Crippen molar-refractivity contribution in [2.75, 3.05) is 23.8 Å². The summed E-state index contributed by atoms with van der Waals surface area (Å²) in [5.41, 5.74) is 0.735. The van der Waals surface area contributed by atoms with E-state index in [1.807, 2.05) is 26.0 Å². The molecule has 0 aromatic carbocycles. The molecule has 5 heteroatoms. The number of amides is 1. The van der Waals surface area contributed by atoms with E-state index in [1.54, 1.807) is 6.20 Å². The Bertz CT molecular complexity index is 425. The van der Waals surface area contributed by atoms with E-state index >= 15 is 0 Å². The van der Waals surface area contributed by atoms with Gasteiger partial charge in [0.2, 0.25) is 5.91 Å². The minimum atomic E-state index is 0.0295. The van der Waals surface area contributed by atoms with Gasteiger partial charge in [-0.3, -0.25) is 4.79 Å². The van der Waals surface area contributed by atoms with Gasteiger partial charge < -0.3 is 15.4 Å². The van der Waals surface area contributed by atoms with E-state index in [9.17, 15) is 4.79 Å². The number of aromatic nitrogens is 1. The lowest BCUT2D eigenvalue weighted by atomic mass is 10.1. The highest BCUT2D eigenvalue weighted by Gasteiger charge is 2.14. The van der Waals surface area contributed by atoms with Crippen molar-refractivity contribution >= 4 is 17.4 Å². The van der Waals surface area contributed by atoms with Crippen LogP contribution in [0.1, 0.15) is 33.1 Å². The second-order valence-electron chi connectivity index (χ2n) is 5.59. The Labute approximate surface area is 120 Å². The molecule has 0 bridgehead atoms. The topological polar surface area (TPSA) is 63.2 Å². The van der Waals surface area contributed by atoms with Crippen molar-refractivity contribution in [3.05, 3.63) is 18.3 Å². The van der Waals surface area contributed by atoms with Gasteiger partial charge in [0, 0.05) is 19.6 Å². The summed E-state index contributed by atoms with van der Waals surface area (Å²) in [5.74, 6) is 1.19. The Morgan fingerprint density at radius 2 is 2.35 bits per heavy atom. The second kappa shape index (κ2) is 7.24. The van der Waals surface area contributed by atoms with Crippen molar-refractivity contribution in [1.29, 1.82) is 0 Å². The number of rotatable bonds is 6. The number of nitrogens with zero attached hydrogens (tertiary/aromatic N) is 1. The number of ether oxygens (including phenoxy) is 1. The normalized spacial score (nSPS) is 18.2. The van der Waals surface area contributed by atoms with Crippen LogP contribution in [0.2, 0.25) is 0 Å². The third kappa shape index (κ3) is 4.81. The predicted octanol–water partition coefficient (Wildman–Crippen LogP) is 2.66. The van der Waals surface area contributed by atoms with Crippen molar-refractivity contribution in [2.24, 2.45) is 5.92 Å². The first kappa shape index (κ1) is 14.8. The van der Waals surface area contributed by atoms with Crippen molar-refractivity contribution < 1.29 is 9.53 Å². The third-order valence-corrected chi connectivity index (χ3v) is 3.18. The van der Waals surface area contributed by atoms with E-state index in [1.165, 1.54) is 0 Å². The van der Waals surface area contributed by atoms with E-state index in [4.69, 9.17) is 4.74 Å². The highest BCUT2D eigenvalue weighted by atomic mass is 16.5. The van der Waals surface area contributed by atoms with E-state index in [2.05, 4.69) is 15.6 Å². The van der Waals surface area contributed by atoms with Crippen LogP contribution in [-0.2, 0) is 9.53 Å². The lowest BCUT2D eigenvalue weighted by molar-refractivity contribution is -0.116. The molecule has 1 fully saturated rings. The first-order valence-corrected chi connectivity index (χ1v) is 7.25. The van der Waals surface area contributed by atoms with Crippen molar-refractivity contribution in [1.82, 2.24) is 4.98 Å². The molecule has 20 heavy (non-hydrogen) atoms. The number of pyridine rings is 1. The zero-order valence-corrected chi connectivity index (χ0v) is 12.2. The number of hydrogen-bond donors (Lipinski definition) is 2. The quantitative estimate of drug-likeness (QED) is 0.839. The number of hydrogen-bond acceptors (Lipinski definition) is 4. The second-order valence-corrected chi connectivity index (χ2v) is 5.59. The SMILES string of the molecule is CC(C)CC(=O)Nc1ccc(NCC2CCCO2)nc1. The fraction of sp³-hybridized carbons (Fsp3) is 0.600. The maximum atomic E-state index is 11.6. The predicted molar refractivity (Wildman–Crippen MR) is 79.8 cm³/mol. The lowest BCUT2D eigenvalue weighted by Gasteiger charge is -2.12. The summed E-state index contributed by atoms with van der Waals surface area (Å²) in [7, 11) is 0. The summed E-state index contributed by atoms with van der Waals surface area (Å²) in [5, 5.41) is 6.09. The number of anilines is 2. The van der Waals surface area contributed by atoms with Gasteiger partial charge in [-0.15, -0.1) is 0 Å². The molecule has 1 amide bonds. The van der Waals surface area contributed by atoms with Crippen molar-refractivity contribution in [3.63, 3.8) is 0 Å². The molecule has 1 aliphatic heterocycles. The van der Waals surface area contributed by atoms with Gasteiger partial charge in [-0.05, 0) is 30.9 Å². The molecular weight excluding hydrogens is 254 g/mol. The summed E-state index contributed by atoms with van der Waals surface area (Å²) in [4.78, 5) is 15.9. The van der Waals surface area contributed by atoms with Crippen LogP contribution in [0.5, 0.6) is 0 Å². The minimum Gasteiger partial charge on any atom is -0.376 e. The van der Waals surface area contributed by atoms with Crippen molar-refractivity contribution in [3.8, 4) is 0 Å². The van der Waals surface area contributed by atoms with Gasteiger partial charge in [-0.25, -0.2) is 4.98 Å². The highest BCUT2D eigenvalue weighted by Crippen LogP contribution is 2.14. The van der Waals surface area contributed by atoms with Crippen LogP contribution in [0.15, 0.2) is 18.3 Å².